The molecular weight excluding hydrogens is 214 g/mol. The van der Waals surface area contributed by atoms with Crippen LogP contribution in [0.5, 0.6) is 0 Å². The Hall–Kier alpha value is -1.51. The lowest BCUT2D eigenvalue weighted by Gasteiger charge is -2.29. The third kappa shape index (κ3) is 3.48. The highest BCUT2D eigenvalue weighted by molar-refractivity contribution is 5.88. The number of carbonyl (C=O) groups is 1. The molecule has 94 valence electrons. The zero-order valence-electron chi connectivity index (χ0n) is 11.2. The lowest BCUT2D eigenvalue weighted by atomic mass is 9.88. The van der Waals surface area contributed by atoms with E-state index in [9.17, 15) is 4.79 Å². The van der Waals surface area contributed by atoms with E-state index < -0.39 is 5.97 Å². The number of hydrogen-bond donors (Lipinski definition) is 2. The zero-order chi connectivity index (χ0) is 13.2. The van der Waals surface area contributed by atoms with Crippen LogP contribution in [0.1, 0.15) is 43.6 Å². The molecule has 0 saturated heterocycles. The number of anilines is 1. The quantitative estimate of drug-likeness (QED) is 0.842. The van der Waals surface area contributed by atoms with E-state index in [2.05, 4.69) is 33.0 Å². The fourth-order valence-electron chi connectivity index (χ4n) is 1.41. The molecule has 0 aliphatic heterocycles. The summed E-state index contributed by atoms with van der Waals surface area (Å²) in [6, 6.07) is 5.48. The molecule has 0 aliphatic rings. The highest BCUT2D eigenvalue weighted by atomic mass is 16.4. The summed E-state index contributed by atoms with van der Waals surface area (Å²) in [6.45, 7) is 10.6. The first-order chi connectivity index (χ1) is 7.71. The minimum Gasteiger partial charge on any atom is -0.478 e. The Bertz CT molecular complexity index is 419. The lowest BCUT2D eigenvalue weighted by molar-refractivity contribution is 0.0697. The van der Waals surface area contributed by atoms with Gasteiger partial charge in [0.25, 0.3) is 0 Å². The first-order valence-corrected chi connectivity index (χ1v) is 5.82. The second kappa shape index (κ2) is 4.78. The van der Waals surface area contributed by atoms with Crippen LogP contribution < -0.4 is 5.32 Å². The van der Waals surface area contributed by atoms with Crippen LogP contribution >= 0.6 is 0 Å². The molecule has 0 fully saturated rings. The van der Waals surface area contributed by atoms with Crippen LogP contribution in [0.15, 0.2) is 18.2 Å². The molecule has 1 rings (SSSR count). The summed E-state index contributed by atoms with van der Waals surface area (Å²) in [5.74, 6) is -0.886. The van der Waals surface area contributed by atoms with Crippen molar-refractivity contribution < 1.29 is 9.90 Å². The summed E-state index contributed by atoms with van der Waals surface area (Å²) in [6.07, 6.45) is 0. The molecule has 0 spiro atoms. The van der Waals surface area contributed by atoms with Gasteiger partial charge in [0.15, 0.2) is 0 Å². The maximum atomic E-state index is 10.8. The second-order valence-corrected chi connectivity index (χ2v) is 5.57. The maximum Gasteiger partial charge on any atom is 0.335 e. The molecule has 17 heavy (non-hydrogen) atoms. The van der Waals surface area contributed by atoms with Crippen molar-refractivity contribution in [2.45, 2.75) is 40.7 Å². The van der Waals surface area contributed by atoms with Gasteiger partial charge in [-0.3, -0.25) is 0 Å². The van der Waals surface area contributed by atoms with E-state index in [1.807, 2.05) is 13.0 Å². The molecule has 0 aliphatic carbocycles. The summed E-state index contributed by atoms with van der Waals surface area (Å²) >= 11 is 0. The Morgan fingerprint density at radius 3 is 2.35 bits per heavy atom. The van der Waals surface area contributed by atoms with Gasteiger partial charge in [-0.2, -0.15) is 0 Å². The Kier molecular flexibility index (Phi) is 3.81. The number of benzene rings is 1. The smallest absolute Gasteiger partial charge is 0.335 e. The van der Waals surface area contributed by atoms with E-state index in [0.717, 1.165) is 11.3 Å². The SMILES string of the molecule is Cc1cc(C(=O)O)ccc1NC(C)C(C)(C)C. The Balaban J connectivity index is 2.90. The molecule has 3 nitrogen and oxygen atoms in total. The average molecular weight is 235 g/mol. The van der Waals surface area contributed by atoms with E-state index in [0.29, 0.717) is 11.6 Å². The van der Waals surface area contributed by atoms with Crippen molar-refractivity contribution in [3.8, 4) is 0 Å². The predicted octanol–water partition coefficient (Wildman–Crippen LogP) is 3.54. The number of aryl methyl sites for hydroxylation is 1. The van der Waals surface area contributed by atoms with Gasteiger partial charge in [-0.05, 0) is 43.0 Å². The second-order valence-electron chi connectivity index (χ2n) is 5.57. The van der Waals surface area contributed by atoms with Crippen molar-refractivity contribution in [1.82, 2.24) is 0 Å². The van der Waals surface area contributed by atoms with Crippen molar-refractivity contribution in [2.24, 2.45) is 5.41 Å². The van der Waals surface area contributed by atoms with Crippen LogP contribution in [-0.2, 0) is 0 Å². The largest absolute Gasteiger partial charge is 0.478 e. The fraction of sp³-hybridized carbons (Fsp3) is 0.500. The van der Waals surface area contributed by atoms with Gasteiger partial charge in [0.05, 0.1) is 5.56 Å². The lowest BCUT2D eigenvalue weighted by Crippen LogP contribution is -2.31. The van der Waals surface area contributed by atoms with Gasteiger partial charge in [0.2, 0.25) is 0 Å². The minimum absolute atomic E-state index is 0.165. The molecule has 1 unspecified atom stereocenters. The van der Waals surface area contributed by atoms with Crippen molar-refractivity contribution >= 4 is 11.7 Å². The molecule has 0 bridgehead atoms. The van der Waals surface area contributed by atoms with Gasteiger partial charge in [-0.15, -0.1) is 0 Å². The van der Waals surface area contributed by atoms with Crippen LogP contribution in [0.4, 0.5) is 5.69 Å². The Labute approximate surface area is 103 Å². The molecule has 2 N–H and O–H groups in total. The first kappa shape index (κ1) is 13.6. The van der Waals surface area contributed by atoms with Gasteiger partial charge in [-0.1, -0.05) is 20.8 Å². The van der Waals surface area contributed by atoms with Gasteiger partial charge < -0.3 is 10.4 Å². The summed E-state index contributed by atoms with van der Waals surface area (Å²) < 4.78 is 0. The number of hydrogen-bond acceptors (Lipinski definition) is 2. The van der Waals surface area contributed by atoms with Crippen molar-refractivity contribution in [1.29, 1.82) is 0 Å². The van der Waals surface area contributed by atoms with Gasteiger partial charge in [-0.25, -0.2) is 4.79 Å². The third-order valence-electron chi connectivity index (χ3n) is 3.14. The number of carboxylic acid groups (broad SMARTS) is 1. The summed E-state index contributed by atoms with van der Waals surface area (Å²) in [5.41, 5.74) is 2.45. The summed E-state index contributed by atoms with van der Waals surface area (Å²) in [5, 5.41) is 12.3. The van der Waals surface area contributed by atoms with Crippen LogP contribution in [0, 0.1) is 12.3 Å². The highest BCUT2D eigenvalue weighted by Gasteiger charge is 2.20. The van der Waals surface area contributed by atoms with Crippen molar-refractivity contribution in [3.63, 3.8) is 0 Å². The summed E-state index contributed by atoms with van der Waals surface area (Å²) in [7, 11) is 0. The van der Waals surface area contributed by atoms with Crippen LogP contribution in [0.3, 0.4) is 0 Å². The van der Waals surface area contributed by atoms with Gasteiger partial charge in [0, 0.05) is 11.7 Å². The average Bonchev–Trinajstić information content (AvgIpc) is 2.19. The van der Waals surface area contributed by atoms with Crippen LogP contribution in [0.2, 0.25) is 0 Å². The zero-order valence-corrected chi connectivity index (χ0v) is 11.2. The van der Waals surface area contributed by atoms with Crippen molar-refractivity contribution in [2.75, 3.05) is 5.32 Å². The number of aromatic carboxylic acids is 1. The van der Waals surface area contributed by atoms with E-state index >= 15 is 0 Å². The van der Waals surface area contributed by atoms with E-state index in [-0.39, 0.29) is 5.41 Å². The molecule has 0 heterocycles. The van der Waals surface area contributed by atoms with Gasteiger partial charge in [0.1, 0.15) is 0 Å². The molecular formula is C14H21NO2. The maximum absolute atomic E-state index is 10.8. The number of rotatable bonds is 3. The summed E-state index contributed by atoms with van der Waals surface area (Å²) in [4.78, 5) is 10.8. The minimum atomic E-state index is -0.886. The monoisotopic (exact) mass is 235 g/mol. The standard InChI is InChI=1S/C14H21NO2/c1-9-8-11(13(16)17)6-7-12(9)15-10(2)14(3,4)5/h6-8,10,15H,1-5H3,(H,16,17). The van der Waals surface area contributed by atoms with E-state index in [1.54, 1.807) is 12.1 Å². The highest BCUT2D eigenvalue weighted by Crippen LogP contribution is 2.25. The topological polar surface area (TPSA) is 49.3 Å². The van der Waals surface area contributed by atoms with Crippen molar-refractivity contribution in [3.05, 3.63) is 29.3 Å². The number of carboxylic acids is 1. The molecule has 1 aromatic carbocycles. The number of nitrogens with one attached hydrogen (secondary N) is 1. The predicted molar refractivity (Wildman–Crippen MR) is 70.7 cm³/mol. The molecule has 0 saturated carbocycles. The fourth-order valence-corrected chi connectivity index (χ4v) is 1.41. The molecule has 0 radical (unpaired) electrons. The molecule has 3 heteroatoms. The third-order valence-corrected chi connectivity index (χ3v) is 3.14. The Morgan fingerprint density at radius 2 is 1.94 bits per heavy atom. The molecule has 1 atom stereocenters. The van der Waals surface area contributed by atoms with E-state index in [4.69, 9.17) is 5.11 Å². The van der Waals surface area contributed by atoms with Gasteiger partial charge >= 0.3 is 5.97 Å². The Morgan fingerprint density at radius 1 is 1.35 bits per heavy atom. The van der Waals surface area contributed by atoms with Crippen LogP contribution in [-0.4, -0.2) is 17.1 Å². The molecule has 1 aromatic rings. The normalized spacial score (nSPS) is 13.2. The molecule has 0 aromatic heterocycles. The first-order valence-electron chi connectivity index (χ1n) is 5.82. The molecule has 0 amide bonds. The van der Waals surface area contributed by atoms with Crippen LogP contribution in [0.25, 0.3) is 0 Å². The van der Waals surface area contributed by atoms with E-state index in [1.165, 1.54) is 0 Å².